The Morgan fingerprint density at radius 3 is 2.61 bits per heavy atom. The summed E-state index contributed by atoms with van der Waals surface area (Å²) in [4.78, 5) is 10.5. The molecule has 1 aliphatic heterocycles. The van der Waals surface area contributed by atoms with Crippen molar-refractivity contribution in [3.63, 3.8) is 0 Å². The largest absolute Gasteiger partial charge is 0.748 e. The number of carbonyl (C=O) groups excluding carboxylic acids is 1. The van der Waals surface area contributed by atoms with Gasteiger partial charge in [0.2, 0.25) is 5.91 Å². The number of hydrogen-bond acceptors (Lipinski definition) is 5. The number of hydrogen-bond donors (Lipinski definition) is 2. The molecule has 0 aromatic rings. The molecule has 0 bridgehead atoms. The van der Waals surface area contributed by atoms with Gasteiger partial charge in [0.05, 0.1) is 0 Å². The number of hydroxylamine groups is 1. The van der Waals surface area contributed by atoms with Crippen LogP contribution in [0.2, 0.25) is 0 Å². The molecule has 1 rings (SSSR count). The standard InChI is InChI=1S/C6H13N.C5H9NO4S/c1-6-2-4-7-5-3-6;1-2-3-4-5(7)6-10-11(8)9/h6-7H,2-5H2,1H3;2H,1,3-4H2,(H,6,7)(H,8,9)/p-1. The van der Waals surface area contributed by atoms with Crippen LogP contribution in [0.15, 0.2) is 12.7 Å². The normalized spacial score (nSPS) is 17.2. The summed E-state index contributed by atoms with van der Waals surface area (Å²) in [7, 11) is 0. The van der Waals surface area contributed by atoms with Gasteiger partial charge in [-0.1, -0.05) is 13.0 Å². The number of carbonyl (C=O) groups is 1. The Morgan fingerprint density at radius 2 is 2.22 bits per heavy atom. The Morgan fingerprint density at radius 1 is 1.61 bits per heavy atom. The summed E-state index contributed by atoms with van der Waals surface area (Å²) in [6.07, 6.45) is 4.95. The third-order valence-corrected chi connectivity index (χ3v) is 2.65. The maximum absolute atomic E-state index is 10.5. The maximum atomic E-state index is 10.5. The van der Waals surface area contributed by atoms with Gasteiger partial charge in [0.1, 0.15) is 11.4 Å². The summed E-state index contributed by atoms with van der Waals surface area (Å²) in [6, 6.07) is 0. The van der Waals surface area contributed by atoms with Crippen LogP contribution < -0.4 is 10.8 Å². The summed E-state index contributed by atoms with van der Waals surface area (Å²) in [6.45, 7) is 8.18. The lowest BCUT2D eigenvalue weighted by atomic mass is 10.0. The van der Waals surface area contributed by atoms with Crippen LogP contribution in [0.1, 0.15) is 32.6 Å². The minimum Gasteiger partial charge on any atom is -0.748 e. The van der Waals surface area contributed by atoms with Crippen molar-refractivity contribution in [3.8, 4) is 0 Å². The van der Waals surface area contributed by atoms with E-state index in [1.807, 2.05) is 0 Å². The van der Waals surface area contributed by atoms with E-state index in [0.717, 1.165) is 5.92 Å². The Hall–Kier alpha value is -0.760. The molecule has 0 saturated carbocycles. The molecule has 2 N–H and O–H groups in total. The molecule has 0 aliphatic carbocycles. The molecule has 0 radical (unpaired) electrons. The summed E-state index contributed by atoms with van der Waals surface area (Å²) in [5, 5.41) is 3.32. The van der Waals surface area contributed by atoms with Crippen LogP contribution in [0, 0.1) is 5.92 Å². The Bertz CT molecular complexity index is 268. The minimum atomic E-state index is -2.70. The van der Waals surface area contributed by atoms with Gasteiger partial charge in [-0.05, 0) is 38.3 Å². The molecule has 1 saturated heterocycles. The van der Waals surface area contributed by atoms with Crippen molar-refractivity contribution in [2.24, 2.45) is 5.92 Å². The van der Waals surface area contributed by atoms with Crippen LogP contribution in [0.4, 0.5) is 0 Å². The van der Waals surface area contributed by atoms with Gasteiger partial charge >= 0.3 is 0 Å². The van der Waals surface area contributed by atoms with E-state index in [-0.39, 0.29) is 6.42 Å². The van der Waals surface area contributed by atoms with E-state index in [1.54, 1.807) is 11.6 Å². The quantitative estimate of drug-likeness (QED) is 0.441. The van der Waals surface area contributed by atoms with Crippen molar-refractivity contribution >= 4 is 17.3 Å². The predicted octanol–water partition coefficient (Wildman–Crippen LogP) is 0.800. The third kappa shape index (κ3) is 11.7. The fourth-order valence-corrected chi connectivity index (χ4v) is 1.49. The average Bonchev–Trinajstić information content (AvgIpc) is 2.35. The highest BCUT2D eigenvalue weighted by Crippen LogP contribution is 2.08. The summed E-state index contributed by atoms with van der Waals surface area (Å²) in [5.41, 5.74) is 1.72. The van der Waals surface area contributed by atoms with Crippen molar-refractivity contribution in [2.45, 2.75) is 32.6 Å². The van der Waals surface area contributed by atoms with E-state index >= 15 is 0 Å². The lowest BCUT2D eigenvalue weighted by molar-refractivity contribution is -0.127. The molecule has 1 aliphatic rings. The van der Waals surface area contributed by atoms with E-state index in [1.165, 1.54) is 25.9 Å². The highest BCUT2D eigenvalue weighted by atomic mass is 32.2. The van der Waals surface area contributed by atoms with E-state index in [9.17, 15) is 13.6 Å². The van der Waals surface area contributed by atoms with Crippen LogP contribution in [0.3, 0.4) is 0 Å². The second kappa shape index (κ2) is 11.3. The third-order valence-electron chi connectivity index (χ3n) is 2.43. The second-order valence-electron chi connectivity index (χ2n) is 4.07. The van der Waals surface area contributed by atoms with E-state index in [2.05, 4.69) is 23.1 Å². The first-order chi connectivity index (χ1) is 8.56. The Labute approximate surface area is 111 Å². The number of nitrogens with one attached hydrogen (secondary N) is 2. The summed E-state index contributed by atoms with van der Waals surface area (Å²) in [5.74, 6) is 0.482. The molecule has 1 heterocycles. The van der Waals surface area contributed by atoms with Crippen LogP contribution in [-0.4, -0.2) is 27.8 Å². The van der Waals surface area contributed by atoms with Crippen LogP contribution >= 0.6 is 0 Å². The topological polar surface area (TPSA) is 90.5 Å². The molecule has 7 heteroatoms. The van der Waals surface area contributed by atoms with Gasteiger partial charge in [-0.15, -0.1) is 6.58 Å². The zero-order valence-electron chi connectivity index (χ0n) is 10.6. The fourth-order valence-electron chi connectivity index (χ4n) is 1.33. The first kappa shape index (κ1) is 17.2. The van der Waals surface area contributed by atoms with Crippen molar-refractivity contribution in [2.75, 3.05) is 13.1 Å². The van der Waals surface area contributed by atoms with Gasteiger partial charge in [-0.2, -0.15) is 4.28 Å². The molecule has 1 amide bonds. The number of rotatable bonds is 5. The molecular formula is C11H21N2O4S-. The van der Waals surface area contributed by atoms with Crippen LogP contribution in [-0.2, 0) is 20.4 Å². The van der Waals surface area contributed by atoms with Crippen LogP contribution in [0.25, 0.3) is 0 Å². The van der Waals surface area contributed by atoms with E-state index < -0.39 is 17.3 Å². The zero-order chi connectivity index (χ0) is 13.8. The molecular weight excluding hydrogens is 256 g/mol. The first-order valence-electron chi connectivity index (χ1n) is 5.93. The summed E-state index contributed by atoms with van der Waals surface area (Å²) < 4.78 is 23.2. The molecule has 0 aromatic heterocycles. The SMILES string of the molecule is C=CCCC(=O)NOS(=O)[O-].CC1CCNCC1. The Kier molecular flexibility index (Phi) is 10.9. The monoisotopic (exact) mass is 277 g/mol. The van der Waals surface area contributed by atoms with Gasteiger partial charge in [0.15, 0.2) is 0 Å². The molecule has 6 nitrogen and oxygen atoms in total. The van der Waals surface area contributed by atoms with Gasteiger partial charge in [0.25, 0.3) is 0 Å². The molecule has 1 unspecified atom stereocenters. The average molecular weight is 277 g/mol. The maximum Gasteiger partial charge on any atom is 0.244 e. The lowest BCUT2D eigenvalue weighted by Crippen LogP contribution is -2.26. The smallest absolute Gasteiger partial charge is 0.244 e. The van der Waals surface area contributed by atoms with Gasteiger partial charge < -0.3 is 9.87 Å². The van der Waals surface area contributed by atoms with Crippen molar-refractivity contribution in [1.82, 2.24) is 10.8 Å². The van der Waals surface area contributed by atoms with Crippen molar-refractivity contribution < 1.29 is 17.8 Å². The number of piperidine rings is 1. The molecule has 1 fully saturated rings. The van der Waals surface area contributed by atoms with E-state index in [4.69, 9.17) is 0 Å². The highest BCUT2D eigenvalue weighted by molar-refractivity contribution is 7.74. The second-order valence-corrected chi connectivity index (χ2v) is 4.65. The van der Waals surface area contributed by atoms with Crippen LogP contribution in [0.5, 0.6) is 0 Å². The predicted molar refractivity (Wildman–Crippen MR) is 68.8 cm³/mol. The molecule has 1 atom stereocenters. The zero-order valence-corrected chi connectivity index (χ0v) is 11.5. The van der Waals surface area contributed by atoms with E-state index in [0.29, 0.717) is 6.42 Å². The minimum absolute atomic E-state index is 0.167. The Balaban J connectivity index is 0.000000351. The van der Waals surface area contributed by atoms with Gasteiger partial charge in [0, 0.05) is 6.42 Å². The molecule has 18 heavy (non-hydrogen) atoms. The number of amides is 1. The lowest BCUT2D eigenvalue weighted by Gasteiger charge is -2.17. The summed E-state index contributed by atoms with van der Waals surface area (Å²) >= 11 is -2.70. The molecule has 0 spiro atoms. The molecule has 0 aromatic carbocycles. The highest BCUT2D eigenvalue weighted by Gasteiger charge is 2.05. The van der Waals surface area contributed by atoms with Gasteiger partial charge in [-0.25, -0.2) is 9.69 Å². The van der Waals surface area contributed by atoms with Gasteiger partial charge in [-0.3, -0.25) is 4.79 Å². The molecule has 106 valence electrons. The number of allylic oxidation sites excluding steroid dienone is 1. The van der Waals surface area contributed by atoms with Crippen molar-refractivity contribution in [3.05, 3.63) is 12.7 Å². The van der Waals surface area contributed by atoms with Crippen molar-refractivity contribution in [1.29, 1.82) is 0 Å². The first-order valence-corrected chi connectivity index (χ1v) is 6.93. The fraction of sp³-hybridized carbons (Fsp3) is 0.727.